The first-order chi connectivity index (χ1) is 6.79. The van der Waals surface area contributed by atoms with E-state index in [1.165, 1.54) is 6.08 Å². The van der Waals surface area contributed by atoms with Crippen molar-refractivity contribution >= 4 is 5.78 Å². The van der Waals surface area contributed by atoms with Crippen LogP contribution in [0.15, 0.2) is 12.7 Å². The molecular formula is C13H20O2. The summed E-state index contributed by atoms with van der Waals surface area (Å²) in [7, 11) is 0. The van der Waals surface area contributed by atoms with E-state index in [4.69, 9.17) is 0 Å². The second-order valence-corrected chi connectivity index (χ2v) is 5.92. The minimum atomic E-state index is -1.17. The molecule has 2 aliphatic rings. The predicted octanol–water partition coefficient (Wildman–Crippen LogP) is 2.32. The average Bonchev–Trinajstić information content (AvgIpc) is 2.48. The Morgan fingerprint density at radius 2 is 2.07 bits per heavy atom. The number of carbonyl (C=O) groups excluding carboxylic acids is 1. The summed E-state index contributed by atoms with van der Waals surface area (Å²) in [6.45, 7) is 9.92. The van der Waals surface area contributed by atoms with Crippen molar-refractivity contribution in [3.63, 3.8) is 0 Å². The molecule has 84 valence electrons. The Hall–Kier alpha value is -0.630. The lowest BCUT2D eigenvalue weighted by Crippen LogP contribution is -2.52. The van der Waals surface area contributed by atoms with Gasteiger partial charge in [-0.05, 0) is 36.7 Å². The Kier molecular flexibility index (Phi) is 1.98. The Balaban J connectivity index is 2.49. The summed E-state index contributed by atoms with van der Waals surface area (Å²) in [6, 6.07) is 0. The van der Waals surface area contributed by atoms with Crippen LogP contribution < -0.4 is 0 Å². The maximum atomic E-state index is 11.9. The standard InChI is InChI=1S/C13H20O2/c1-5-10(14)13(15)8-9-6-7-12(13,4)11(9,2)3/h5,9,15H,1,6-8H2,2-4H3. The molecule has 2 nitrogen and oxygen atoms in total. The van der Waals surface area contributed by atoms with Gasteiger partial charge in [0.25, 0.3) is 0 Å². The van der Waals surface area contributed by atoms with E-state index in [2.05, 4.69) is 27.4 Å². The highest BCUT2D eigenvalue weighted by molar-refractivity contribution is 5.97. The molecule has 0 spiro atoms. The number of hydrogen-bond donors (Lipinski definition) is 1. The summed E-state index contributed by atoms with van der Waals surface area (Å²) in [4.78, 5) is 11.9. The number of rotatable bonds is 2. The molecule has 0 aromatic carbocycles. The highest BCUT2D eigenvalue weighted by atomic mass is 16.3. The van der Waals surface area contributed by atoms with Crippen molar-refractivity contribution < 1.29 is 9.90 Å². The van der Waals surface area contributed by atoms with Crippen LogP contribution in [0.5, 0.6) is 0 Å². The van der Waals surface area contributed by atoms with Crippen LogP contribution in [-0.2, 0) is 4.79 Å². The third-order valence-electron chi connectivity index (χ3n) is 5.48. The maximum Gasteiger partial charge on any atom is 0.187 e. The second-order valence-electron chi connectivity index (χ2n) is 5.92. The van der Waals surface area contributed by atoms with Crippen LogP contribution in [0, 0.1) is 16.7 Å². The van der Waals surface area contributed by atoms with Gasteiger partial charge in [0.05, 0.1) is 0 Å². The van der Waals surface area contributed by atoms with Crippen molar-refractivity contribution in [1.82, 2.24) is 0 Å². The van der Waals surface area contributed by atoms with Gasteiger partial charge in [0.15, 0.2) is 5.78 Å². The Labute approximate surface area is 91.4 Å². The molecule has 0 saturated heterocycles. The molecule has 2 heteroatoms. The zero-order valence-corrected chi connectivity index (χ0v) is 9.84. The molecular weight excluding hydrogens is 188 g/mol. The highest BCUT2D eigenvalue weighted by Crippen LogP contribution is 2.69. The van der Waals surface area contributed by atoms with E-state index in [0.717, 1.165) is 12.8 Å². The number of hydrogen-bond acceptors (Lipinski definition) is 2. The molecule has 2 bridgehead atoms. The van der Waals surface area contributed by atoms with Crippen LogP contribution >= 0.6 is 0 Å². The topological polar surface area (TPSA) is 37.3 Å². The average molecular weight is 208 g/mol. The van der Waals surface area contributed by atoms with E-state index in [-0.39, 0.29) is 16.6 Å². The molecule has 2 saturated carbocycles. The number of fused-ring (bicyclic) bond motifs is 2. The van der Waals surface area contributed by atoms with Gasteiger partial charge in [-0.1, -0.05) is 27.4 Å². The SMILES string of the molecule is C=CC(=O)C1(O)CC2CCC1(C)C2(C)C. The van der Waals surface area contributed by atoms with Crippen molar-refractivity contribution in [3.8, 4) is 0 Å². The smallest absolute Gasteiger partial charge is 0.187 e. The van der Waals surface area contributed by atoms with Gasteiger partial charge in [0.1, 0.15) is 5.60 Å². The summed E-state index contributed by atoms with van der Waals surface area (Å²) in [5.74, 6) is 0.275. The van der Waals surface area contributed by atoms with E-state index in [0.29, 0.717) is 12.3 Å². The zero-order chi connectivity index (χ0) is 11.5. The lowest BCUT2D eigenvalue weighted by Gasteiger charge is -2.43. The Bertz CT molecular complexity index is 331. The summed E-state index contributed by atoms with van der Waals surface area (Å²) in [6.07, 6.45) is 3.97. The van der Waals surface area contributed by atoms with Gasteiger partial charge in [-0.2, -0.15) is 0 Å². The van der Waals surface area contributed by atoms with Crippen molar-refractivity contribution in [1.29, 1.82) is 0 Å². The van der Waals surface area contributed by atoms with Gasteiger partial charge in [0, 0.05) is 5.41 Å². The van der Waals surface area contributed by atoms with Crippen molar-refractivity contribution in [3.05, 3.63) is 12.7 Å². The molecule has 0 aromatic rings. The molecule has 2 fully saturated rings. The van der Waals surface area contributed by atoms with Crippen LogP contribution in [0.25, 0.3) is 0 Å². The van der Waals surface area contributed by atoms with Gasteiger partial charge in [0.2, 0.25) is 0 Å². The Morgan fingerprint density at radius 3 is 2.40 bits per heavy atom. The van der Waals surface area contributed by atoms with Crippen molar-refractivity contribution in [2.45, 2.75) is 45.6 Å². The molecule has 0 aliphatic heterocycles. The van der Waals surface area contributed by atoms with Gasteiger partial charge in [-0.15, -0.1) is 0 Å². The molecule has 2 rings (SSSR count). The van der Waals surface area contributed by atoms with Gasteiger partial charge in [-0.25, -0.2) is 0 Å². The molecule has 0 heterocycles. The molecule has 15 heavy (non-hydrogen) atoms. The first-order valence-corrected chi connectivity index (χ1v) is 5.69. The van der Waals surface area contributed by atoms with Crippen LogP contribution in [0.4, 0.5) is 0 Å². The summed E-state index contributed by atoms with van der Waals surface area (Å²) >= 11 is 0. The number of carbonyl (C=O) groups is 1. The monoisotopic (exact) mass is 208 g/mol. The lowest BCUT2D eigenvalue weighted by molar-refractivity contribution is -0.149. The van der Waals surface area contributed by atoms with Gasteiger partial charge >= 0.3 is 0 Å². The quantitative estimate of drug-likeness (QED) is 0.707. The summed E-state index contributed by atoms with van der Waals surface area (Å²) < 4.78 is 0. The summed E-state index contributed by atoms with van der Waals surface area (Å²) in [5, 5.41) is 10.6. The van der Waals surface area contributed by atoms with Gasteiger partial charge in [-0.3, -0.25) is 4.79 Å². The number of aliphatic hydroxyl groups is 1. The highest BCUT2D eigenvalue weighted by Gasteiger charge is 2.70. The fourth-order valence-corrected chi connectivity index (χ4v) is 3.82. The molecule has 0 amide bonds. The van der Waals surface area contributed by atoms with Crippen LogP contribution in [-0.4, -0.2) is 16.5 Å². The lowest BCUT2D eigenvalue weighted by atomic mass is 9.63. The van der Waals surface area contributed by atoms with Crippen molar-refractivity contribution in [2.24, 2.45) is 16.7 Å². The van der Waals surface area contributed by atoms with E-state index in [1.54, 1.807) is 0 Å². The zero-order valence-electron chi connectivity index (χ0n) is 9.84. The first-order valence-electron chi connectivity index (χ1n) is 5.69. The second kappa shape index (κ2) is 2.73. The third kappa shape index (κ3) is 0.963. The van der Waals surface area contributed by atoms with Crippen molar-refractivity contribution in [2.75, 3.05) is 0 Å². The van der Waals surface area contributed by atoms with Crippen LogP contribution in [0.2, 0.25) is 0 Å². The molecule has 0 radical (unpaired) electrons. The van der Waals surface area contributed by atoms with E-state index in [1.807, 2.05) is 0 Å². The fraction of sp³-hybridized carbons (Fsp3) is 0.769. The van der Waals surface area contributed by atoms with Crippen LogP contribution in [0.3, 0.4) is 0 Å². The molecule has 3 unspecified atom stereocenters. The number of ketones is 1. The largest absolute Gasteiger partial charge is 0.381 e. The minimum Gasteiger partial charge on any atom is -0.381 e. The first kappa shape index (κ1) is 10.9. The summed E-state index contributed by atoms with van der Waals surface area (Å²) in [5.41, 5.74) is -1.39. The van der Waals surface area contributed by atoms with E-state index < -0.39 is 5.60 Å². The molecule has 2 aliphatic carbocycles. The normalized spacial score (nSPS) is 46.8. The van der Waals surface area contributed by atoms with E-state index >= 15 is 0 Å². The minimum absolute atomic E-state index is 0.0560. The van der Waals surface area contributed by atoms with Gasteiger partial charge < -0.3 is 5.11 Å². The van der Waals surface area contributed by atoms with Crippen LogP contribution in [0.1, 0.15) is 40.0 Å². The third-order valence-corrected chi connectivity index (χ3v) is 5.48. The maximum absolute atomic E-state index is 11.9. The van der Waals surface area contributed by atoms with E-state index in [9.17, 15) is 9.90 Å². The molecule has 3 atom stereocenters. The fourth-order valence-electron chi connectivity index (χ4n) is 3.82. The molecule has 1 N–H and O–H groups in total. The molecule has 0 aromatic heterocycles. The predicted molar refractivity (Wildman–Crippen MR) is 59.4 cm³/mol. The Morgan fingerprint density at radius 1 is 1.47 bits per heavy atom.